The number of carbonyl (C=O) groups is 1. The van der Waals surface area contributed by atoms with Crippen LogP contribution in [0.2, 0.25) is 0 Å². The van der Waals surface area contributed by atoms with E-state index in [9.17, 15) is 4.79 Å². The topological polar surface area (TPSA) is 42.0 Å². The van der Waals surface area contributed by atoms with E-state index in [2.05, 4.69) is 0 Å². The first-order chi connectivity index (χ1) is 9.30. The molecule has 0 aliphatic carbocycles. The Kier molecular flexibility index (Phi) is 4.15. The van der Waals surface area contributed by atoms with Gasteiger partial charge in [0.2, 0.25) is 0 Å². The van der Waals surface area contributed by atoms with Crippen molar-refractivity contribution < 1.29 is 13.7 Å². The molecule has 0 spiro atoms. The smallest absolute Gasteiger partial charge is 0.427 e. The average molecular weight is 296 g/mol. The van der Waals surface area contributed by atoms with E-state index in [4.69, 9.17) is 8.92 Å². The van der Waals surface area contributed by atoms with E-state index in [1.165, 1.54) is 4.90 Å². The van der Waals surface area contributed by atoms with Crippen LogP contribution in [0.1, 0.15) is 19.4 Å². The molecular weight excluding hydrogens is 276 g/mol. The molecule has 6 heteroatoms. The number of carbonyl (C=O) groups excluding carboxylic acids is 1. The molecule has 1 amide bonds. The van der Waals surface area contributed by atoms with Gasteiger partial charge >= 0.3 is 6.09 Å². The van der Waals surface area contributed by atoms with Crippen LogP contribution in [0.25, 0.3) is 0 Å². The predicted molar refractivity (Wildman–Crippen MR) is 81.0 cm³/mol. The van der Waals surface area contributed by atoms with Crippen molar-refractivity contribution in [1.82, 2.24) is 4.31 Å². The Morgan fingerprint density at radius 1 is 1.35 bits per heavy atom. The van der Waals surface area contributed by atoms with E-state index in [-0.39, 0.29) is 5.60 Å². The molecule has 110 valence electrons. The van der Waals surface area contributed by atoms with Gasteiger partial charge in [0, 0.05) is 33.1 Å². The number of hydrogen-bond acceptors (Lipinski definition) is 5. The van der Waals surface area contributed by atoms with Crippen LogP contribution < -0.4 is 9.64 Å². The summed E-state index contributed by atoms with van der Waals surface area (Å²) in [6.45, 7) is 4.08. The number of benzene rings is 1. The van der Waals surface area contributed by atoms with Crippen LogP contribution >= 0.6 is 12.2 Å². The molecular formula is C14H20N2O3S. The van der Waals surface area contributed by atoms with Crippen LogP contribution in [0.5, 0.6) is 5.75 Å². The first-order valence-corrected chi connectivity index (χ1v) is 7.10. The summed E-state index contributed by atoms with van der Waals surface area (Å²) in [5.41, 5.74) is 1.62. The lowest BCUT2D eigenvalue weighted by Gasteiger charge is -2.22. The summed E-state index contributed by atoms with van der Waals surface area (Å²) in [6, 6.07) is 5.82. The number of ether oxygens (including phenoxy) is 1. The molecule has 1 heterocycles. The molecule has 1 aliphatic heterocycles. The monoisotopic (exact) mass is 296 g/mol. The minimum atomic E-state index is -0.426. The van der Waals surface area contributed by atoms with Gasteiger partial charge in [0.05, 0.1) is 5.69 Å². The van der Waals surface area contributed by atoms with Gasteiger partial charge in [-0.25, -0.2) is 9.10 Å². The molecule has 0 bridgehead atoms. The summed E-state index contributed by atoms with van der Waals surface area (Å²) in [7, 11) is 5.30. The summed E-state index contributed by atoms with van der Waals surface area (Å²) < 4.78 is 12.8. The van der Waals surface area contributed by atoms with Crippen molar-refractivity contribution in [3.8, 4) is 5.75 Å². The molecule has 0 fully saturated rings. The number of hydrogen-bond donors (Lipinski definition) is 0. The summed E-state index contributed by atoms with van der Waals surface area (Å²) in [6.07, 6.45) is 0.413. The van der Waals surface area contributed by atoms with Crippen molar-refractivity contribution in [2.45, 2.75) is 25.9 Å². The molecule has 0 saturated heterocycles. The highest BCUT2D eigenvalue weighted by atomic mass is 32.2. The lowest BCUT2D eigenvalue weighted by molar-refractivity contribution is 0.138. The van der Waals surface area contributed by atoms with Crippen LogP contribution in [-0.4, -0.2) is 37.1 Å². The summed E-state index contributed by atoms with van der Waals surface area (Å²) in [5, 5.41) is 0. The number of rotatable bonds is 3. The van der Waals surface area contributed by atoms with E-state index >= 15 is 0 Å². The highest BCUT2D eigenvalue weighted by molar-refractivity contribution is 7.92. The molecule has 0 aromatic heterocycles. The van der Waals surface area contributed by atoms with Crippen LogP contribution in [0.3, 0.4) is 0 Å². The molecule has 5 nitrogen and oxygen atoms in total. The zero-order valence-corrected chi connectivity index (χ0v) is 13.3. The van der Waals surface area contributed by atoms with Gasteiger partial charge in [0.1, 0.15) is 11.4 Å². The zero-order chi connectivity index (χ0) is 14.9. The third-order valence-electron chi connectivity index (χ3n) is 2.96. The average Bonchev–Trinajstić information content (AvgIpc) is 2.68. The van der Waals surface area contributed by atoms with Gasteiger partial charge in [-0.05, 0) is 19.9 Å². The molecule has 1 aliphatic rings. The Labute approximate surface area is 124 Å². The maximum atomic E-state index is 12.0. The van der Waals surface area contributed by atoms with Gasteiger partial charge in [0.15, 0.2) is 12.2 Å². The molecule has 1 aromatic rings. The van der Waals surface area contributed by atoms with E-state index in [0.29, 0.717) is 0 Å². The number of para-hydroxylation sites is 1. The van der Waals surface area contributed by atoms with Gasteiger partial charge in [-0.1, -0.05) is 12.1 Å². The fourth-order valence-electron chi connectivity index (χ4n) is 2.12. The predicted octanol–water partition coefficient (Wildman–Crippen LogP) is 3.10. The van der Waals surface area contributed by atoms with E-state index in [1.807, 2.05) is 46.1 Å². The zero-order valence-electron chi connectivity index (χ0n) is 12.5. The Hall–Kier alpha value is -1.40. The van der Waals surface area contributed by atoms with Gasteiger partial charge in [-0.2, -0.15) is 0 Å². The van der Waals surface area contributed by atoms with Crippen LogP contribution in [0.4, 0.5) is 10.5 Å². The van der Waals surface area contributed by atoms with Crippen LogP contribution in [0.15, 0.2) is 18.2 Å². The second kappa shape index (κ2) is 5.54. The first-order valence-electron chi connectivity index (χ1n) is 6.41. The van der Waals surface area contributed by atoms with E-state index in [0.717, 1.165) is 35.6 Å². The number of anilines is 1. The normalized spacial score (nSPS) is 15.7. The summed E-state index contributed by atoms with van der Waals surface area (Å²) in [4.78, 5) is 13.5. The molecule has 0 unspecified atom stereocenters. The van der Waals surface area contributed by atoms with E-state index < -0.39 is 6.09 Å². The molecule has 20 heavy (non-hydrogen) atoms. The molecule has 0 radical (unpaired) electrons. The molecule has 0 N–H and O–H groups in total. The van der Waals surface area contributed by atoms with Crippen LogP contribution in [0, 0.1) is 0 Å². The number of amides is 1. The third-order valence-corrected chi connectivity index (χ3v) is 3.48. The van der Waals surface area contributed by atoms with Gasteiger partial charge in [-0.15, -0.1) is 0 Å². The second-order valence-corrected chi connectivity index (χ2v) is 6.65. The fourth-order valence-corrected chi connectivity index (χ4v) is 2.45. The maximum absolute atomic E-state index is 12.0. The Balaban J connectivity index is 2.18. The third kappa shape index (κ3) is 3.19. The molecule has 0 saturated carbocycles. The SMILES string of the molecule is CN(C)SOC(=O)N(C)c1cccc2c1OC(C)(C)C2. The van der Waals surface area contributed by atoms with Crippen LogP contribution in [-0.2, 0) is 10.6 Å². The highest BCUT2D eigenvalue weighted by Gasteiger charge is 2.33. The molecule has 0 atom stereocenters. The number of nitrogens with zero attached hydrogens (tertiary/aromatic N) is 2. The quantitative estimate of drug-likeness (QED) is 0.633. The van der Waals surface area contributed by atoms with E-state index in [1.54, 1.807) is 11.4 Å². The van der Waals surface area contributed by atoms with Crippen molar-refractivity contribution >= 4 is 24.0 Å². The Morgan fingerprint density at radius 2 is 2.05 bits per heavy atom. The second-order valence-electron chi connectivity index (χ2n) is 5.60. The van der Waals surface area contributed by atoms with Crippen molar-refractivity contribution in [1.29, 1.82) is 0 Å². The van der Waals surface area contributed by atoms with Crippen molar-refractivity contribution in [3.63, 3.8) is 0 Å². The fraction of sp³-hybridized carbons (Fsp3) is 0.500. The summed E-state index contributed by atoms with van der Waals surface area (Å²) in [5.74, 6) is 0.770. The minimum absolute atomic E-state index is 0.235. The van der Waals surface area contributed by atoms with Gasteiger partial charge < -0.3 is 8.92 Å². The van der Waals surface area contributed by atoms with Gasteiger partial charge in [0.25, 0.3) is 0 Å². The Bertz CT molecular complexity index is 517. The highest BCUT2D eigenvalue weighted by Crippen LogP contribution is 2.41. The lowest BCUT2D eigenvalue weighted by atomic mass is 10.0. The van der Waals surface area contributed by atoms with Gasteiger partial charge in [-0.3, -0.25) is 4.90 Å². The summed E-state index contributed by atoms with van der Waals surface area (Å²) >= 11 is 0.997. The van der Waals surface area contributed by atoms with Crippen molar-refractivity contribution in [3.05, 3.63) is 23.8 Å². The molecule has 1 aromatic carbocycles. The number of fused-ring (bicyclic) bond motifs is 1. The molecule has 2 rings (SSSR count). The maximum Gasteiger partial charge on any atom is 0.427 e. The van der Waals surface area contributed by atoms with Crippen molar-refractivity contribution in [2.75, 3.05) is 26.0 Å². The Morgan fingerprint density at radius 3 is 2.70 bits per heavy atom. The standard InChI is InChI=1S/C14H20N2O3S/c1-14(2)9-10-7-6-8-11(12(10)18-14)16(5)13(17)19-20-15(3)4/h6-8H,9H2,1-5H3. The lowest BCUT2D eigenvalue weighted by Crippen LogP contribution is -2.28. The largest absolute Gasteiger partial charge is 0.485 e. The van der Waals surface area contributed by atoms with Crippen molar-refractivity contribution in [2.24, 2.45) is 0 Å². The first kappa shape index (κ1) is 15.0. The minimum Gasteiger partial charge on any atom is -0.485 e.